The first-order valence-electron chi connectivity index (χ1n) is 9.40. The van der Waals surface area contributed by atoms with E-state index in [4.69, 9.17) is 0 Å². The molecule has 2 aliphatic rings. The Kier molecular flexibility index (Phi) is 3.83. The molecule has 29 heavy (non-hydrogen) atoms. The zero-order valence-electron chi connectivity index (χ0n) is 16.0. The second-order valence-electron chi connectivity index (χ2n) is 7.29. The van der Waals surface area contributed by atoms with Crippen LogP contribution in [0.4, 0.5) is 11.4 Å². The molecule has 0 radical (unpaired) electrons. The van der Waals surface area contributed by atoms with E-state index in [-0.39, 0.29) is 17.7 Å². The summed E-state index contributed by atoms with van der Waals surface area (Å²) in [6.45, 7) is 3.18. The molecule has 0 unspecified atom stereocenters. The molecule has 2 atom stereocenters. The molecule has 2 aliphatic heterocycles. The minimum atomic E-state index is -1.28. The van der Waals surface area contributed by atoms with Gasteiger partial charge in [-0.05, 0) is 35.9 Å². The molecule has 1 fully saturated rings. The van der Waals surface area contributed by atoms with Crippen LogP contribution in [-0.2, 0) is 19.3 Å². The molecule has 0 aromatic heterocycles. The molecule has 0 aliphatic carbocycles. The van der Waals surface area contributed by atoms with Crippen molar-refractivity contribution in [3.63, 3.8) is 0 Å². The fourth-order valence-electron chi connectivity index (χ4n) is 4.29. The van der Waals surface area contributed by atoms with Crippen molar-refractivity contribution in [2.75, 3.05) is 9.80 Å². The van der Waals surface area contributed by atoms with Gasteiger partial charge in [0.25, 0.3) is 5.91 Å². The van der Waals surface area contributed by atoms with E-state index in [1.807, 2.05) is 61.5 Å². The van der Waals surface area contributed by atoms with Crippen LogP contribution in [0.2, 0.25) is 0 Å². The number of anilines is 2. The van der Waals surface area contributed by atoms with Gasteiger partial charge in [0.1, 0.15) is 0 Å². The molecule has 1 spiro atoms. The minimum Gasteiger partial charge on any atom is -0.283 e. The maximum Gasteiger partial charge on any atom is 0.275 e. The molecule has 5 nitrogen and oxygen atoms in total. The van der Waals surface area contributed by atoms with Crippen molar-refractivity contribution in [2.45, 2.75) is 24.0 Å². The van der Waals surface area contributed by atoms with Crippen LogP contribution >= 0.6 is 11.8 Å². The Morgan fingerprint density at radius 2 is 1.66 bits per heavy atom. The quantitative estimate of drug-likeness (QED) is 0.616. The summed E-state index contributed by atoms with van der Waals surface area (Å²) in [5.74, 6) is -0.883. The fraction of sp³-hybridized carbons (Fsp3) is 0.174. The summed E-state index contributed by atoms with van der Waals surface area (Å²) in [4.78, 5) is 40.8. The summed E-state index contributed by atoms with van der Waals surface area (Å²) >= 11 is 1.30. The molecular formula is C23H18N2O3S. The Balaban J connectivity index is 1.77. The zero-order chi connectivity index (χ0) is 20.3. The predicted molar refractivity (Wildman–Crippen MR) is 115 cm³/mol. The highest BCUT2D eigenvalue weighted by Crippen LogP contribution is 2.57. The Morgan fingerprint density at radius 1 is 0.966 bits per heavy atom. The Labute approximate surface area is 172 Å². The van der Waals surface area contributed by atoms with E-state index in [1.165, 1.54) is 23.6 Å². The summed E-state index contributed by atoms with van der Waals surface area (Å²) in [6.07, 6.45) is 0. The molecule has 5 rings (SSSR count). The van der Waals surface area contributed by atoms with E-state index in [9.17, 15) is 14.4 Å². The Hall–Kier alpha value is -3.12. The average molecular weight is 402 g/mol. The molecule has 3 amide bonds. The van der Waals surface area contributed by atoms with Gasteiger partial charge in [0.15, 0.2) is 0 Å². The summed E-state index contributed by atoms with van der Waals surface area (Å²) in [5, 5.41) is 1.63. The average Bonchev–Trinajstić information content (AvgIpc) is 3.13. The highest BCUT2D eigenvalue weighted by molar-refractivity contribution is 8.03. The van der Waals surface area contributed by atoms with Crippen molar-refractivity contribution < 1.29 is 14.4 Å². The Bertz CT molecular complexity index is 1210. The third-order valence-electron chi connectivity index (χ3n) is 5.54. The number of nitrogens with zero attached hydrogens (tertiary/aromatic N) is 2. The molecule has 2 heterocycles. The molecule has 6 heteroatoms. The molecule has 0 saturated carbocycles. The van der Waals surface area contributed by atoms with Gasteiger partial charge in [0, 0.05) is 18.2 Å². The fourth-order valence-corrected chi connectivity index (χ4v) is 5.81. The van der Waals surface area contributed by atoms with E-state index >= 15 is 0 Å². The Morgan fingerprint density at radius 3 is 2.41 bits per heavy atom. The first-order chi connectivity index (χ1) is 13.9. The van der Waals surface area contributed by atoms with Crippen LogP contribution in [0.1, 0.15) is 19.4 Å². The number of benzene rings is 3. The number of imide groups is 1. The van der Waals surface area contributed by atoms with E-state index < -0.39 is 10.1 Å². The second kappa shape index (κ2) is 6.19. The molecule has 0 N–H and O–H groups in total. The van der Waals surface area contributed by atoms with Gasteiger partial charge in [-0.15, -0.1) is 11.8 Å². The number of carbonyl (C=O) groups excluding carboxylic acids is 3. The summed E-state index contributed by atoms with van der Waals surface area (Å²) in [6, 6.07) is 20.9. The summed E-state index contributed by atoms with van der Waals surface area (Å²) in [5.41, 5.74) is 1.88. The number of para-hydroxylation sites is 1. The van der Waals surface area contributed by atoms with Crippen LogP contribution in [0.15, 0.2) is 66.7 Å². The molecule has 1 saturated heterocycles. The van der Waals surface area contributed by atoms with Crippen LogP contribution in [-0.4, -0.2) is 23.0 Å². The first kappa shape index (κ1) is 17.9. The molecule has 3 aromatic rings. The SMILES string of the molecule is CC(=O)N1C(=O)[C@]2(S[C@@H](C)C(=O)N2c2ccc3ccccc3c2)c2ccccc21. The zero-order valence-corrected chi connectivity index (χ0v) is 16.8. The van der Waals surface area contributed by atoms with Crippen molar-refractivity contribution in [3.8, 4) is 0 Å². The highest BCUT2D eigenvalue weighted by atomic mass is 32.2. The maximum atomic E-state index is 13.7. The van der Waals surface area contributed by atoms with E-state index in [1.54, 1.807) is 17.0 Å². The van der Waals surface area contributed by atoms with Gasteiger partial charge in [0.2, 0.25) is 16.7 Å². The summed E-state index contributed by atoms with van der Waals surface area (Å²) in [7, 11) is 0. The van der Waals surface area contributed by atoms with Gasteiger partial charge >= 0.3 is 0 Å². The number of fused-ring (bicyclic) bond motifs is 3. The number of thioether (sulfide) groups is 1. The smallest absolute Gasteiger partial charge is 0.275 e. The van der Waals surface area contributed by atoms with Crippen LogP contribution < -0.4 is 9.80 Å². The van der Waals surface area contributed by atoms with E-state index in [0.717, 1.165) is 10.8 Å². The molecule has 0 bridgehead atoms. The maximum absolute atomic E-state index is 13.7. The predicted octanol–water partition coefficient (Wildman–Crippen LogP) is 4.05. The third-order valence-corrected chi connectivity index (χ3v) is 7.01. The number of hydrogen-bond donors (Lipinski definition) is 0. The van der Waals surface area contributed by atoms with Crippen molar-refractivity contribution in [1.29, 1.82) is 0 Å². The third kappa shape index (κ3) is 2.32. The lowest BCUT2D eigenvalue weighted by Crippen LogP contribution is -2.50. The highest BCUT2D eigenvalue weighted by Gasteiger charge is 2.63. The van der Waals surface area contributed by atoms with Crippen molar-refractivity contribution in [2.24, 2.45) is 0 Å². The second-order valence-corrected chi connectivity index (χ2v) is 8.82. The van der Waals surface area contributed by atoms with Gasteiger partial charge < -0.3 is 0 Å². The lowest BCUT2D eigenvalue weighted by molar-refractivity contribution is -0.128. The minimum absolute atomic E-state index is 0.140. The largest absolute Gasteiger partial charge is 0.283 e. The van der Waals surface area contributed by atoms with Crippen LogP contribution in [0, 0.1) is 0 Å². The monoisotopic (exact) mass is 402 g/mol. The van der Waals surface area contributed by atoms with Gasteiger partial charge in [0.05, 0.1) is 10.9 Å². The molecule has 3 aromatic carbocycles. The number of rotatable bonds is 1. The van der Waals surface area contributed by atoms with Crippen molar-refractivity contribution in [3.05, 3.63) is 72.3 Å². The standard InChI is InChI=1S/C23H18N2O3S/c1-14-21(27)25(18-12-11-16-7-3-4-8-17(16)13-18)23(29-14)19-9-5-6-10-20(19)24(15(2)26)22(23)28/h3-14H,1-2H3/t14-,23+/m0/s1. The van der Waals surface area contributed by atoms with Crippen molar-refractivity contribution in [1.82, 2.24) is 0 Å². The lowest BCUT2D eigenvalue weighted by Gasteiger charge is -2.33. The van der Waals surface area contributed by atoms with Crippen LogP contribution in [0.3, 0.4) is 0 Å². The molecular weight excluding hydrogens is 384 g/mol. The topological polar surface area (TPSA) is 57.7 Å². The normalized spacial score (nSPS) is 23.3. The van der Waals surface area contributed by atoms with E-state index in [0.29, 0.717) is 16.9 Å². The molecule has 144 valence electrons. The van der Waals surface area contributed by atoms with E-state index in [2.05, 4.69) is 0 Å². The number of carbonyl (C=O) groups is 3. The van der Waals surface area contributed by atoms with Gasteiger partial charge in [-0.25, -0.2) is 4.90 Å². The number of hydrogen-bond acceptors (Lipinski definition) is 4. The summed E-state index contributed by atoms with van der Waals surface area (Å²) < 4.78 is 0. The van der Waals surface area contributed by atoms with Crippen LogP contribution in [0.25, 0.3) is 10.8 Å². The van der Waals surface area contributed by atoms with Crippen LogP contribution in [0.5, 0.6) is 0 Å². The van der Waals surface area contributed by atoms with Gasteiger partial charge in [-0.3, -0.25) is 19.3 Å². The first-order valence-corrected chi connectivity index (χ1v) is 10.3. The van der Waals surface area contributed by atoms with Crippen molar-refractivity contribution >= 4 is 51.6 Å². The van der Waals surface area contributed by atoms with Gasteiger partial charge in [-0.2, -0.15) is 0 Å². The lowest BCUT2D eigenvalue weighted by atomic mass is 10.0. The number of amides is 3. The van der Waals surface area contributed by atoms with Gasteiger partial charge in [-0.1, -0.05) is 48.5 Å².